The Bertz CT molecular complexity index is 556. The molecule has 19 heavy (non-hydrogen) atoms. The van der Waals surface area contributed by atoms with Crippen LogP contribution in [0.3, 0.4) is 0 Å². The van der Waals surface area contributed by atoms with Gasteiger partial charge in [-0.1, -0.05) is 6.42 Å². The minimum absolute atomic E-state index is 0.0670. The highest BCUT2D eigenvalue weighted by molar-refractivity contribution is 7.89. The van der Waals surface area contributed by atoms with Gasteiger partial charge in [0.2, 0.25) is 10.0 Å². The molecular formula is C14H20FNO2S. The van der Waals surface area contributed by atoms with Crippen molar-refractivity contribution in [3.05, 3.63) is 29.1 Å². The molecule has 0 heterocycles. The van der Waals surface area contributed by atoms with E-state index in [2.05, 4.69) is 4.72 Å². The first-order valence-electron chi connectivity index (χ1n) is 6.60. The van der Waals surface area contributed by atoms with Crippen molar-refractivity contribution in [3.8, 4) is 0 Å². The van der Waals surface area contributed by atoms with E-state index in [0.717, 1.165) is 12.8 Å². The maximum atomic E-state index is 13.2. The van der Waals surface area contributed by atoms with Gasteiger partial charge in [0, 0.05) is 6.04 Å². The topological polar surface area (TPSA) is 46.2 Å². The molecule has 1 aliphatic rings. The van der Waals surface area contributed by atoms with Gasteiger partial charge in [-0.2, -0.15) is 0 Å². The number of benzene rings is 1. The SMILES string of the molecule is Cc1cc(F)cc(C)c1S(=O)(=O)NC(C)C1CCC1. The number of nitrogens with one attached hydrogen (secondary N) is 1. The molecule has 1 aromatic rings. The monoisotopic (exact) mass is 285 g/mol. The summed E-state index contributed by atoms with van der Waals surface area (Å²) in [5, 5.41) is 0. The van der Waals surface area contributed by atoms with Gasteiger partial charge in [-0.15, -0.1) is 0 Å². The predicted octanol–water partition coefficient (Wildman–Crippen LogP) is 2.91. The van der Waals surface area contributed by atoms with E-state index in [9.17, 15) is 12.8 Å². The lowest BCUT2D eigenvalue weighted by Crippen LogP contribution is -2.41. The van der Waals surface area contributed by atoms with Crippen LogP contribution in [0.25, 0.3) is 0 Å². The summed E-state index contributed by atoms with van der Waals surface area (Å²) in [6.07, 6.45) is 3.32. The number of rotatable bonds is 4. The summed E-state index contributed by atoms with van der Waals surface area (Å²) in [5.74, 6) is 0.0248. The summed E-state index contributed by atoms with van der Waals surface area (Å²) in [6, 6.07) is 2.45. The van der Waals surface area contributed by atoms with Gasteiger partial charge in [0.1, 0.15) is 5.82 Å². The van der Waals surface area contributed by atoms with Gasteiger partial charge in [-0.25, -0.2) is 17.5 Å². The third-order valence-corrected chi connectivity index (χ3v) is 5.76. The molecule has 2 rings (SSSR count). The number of hydrogen-bond acceptors (Lipinski definition) is 2. The van der Waals surface area contributed by atoms with Crippen molar-refractivity contribution in [2.24, 2.45) is 5.92 Å². The molecule has 1 saturated carbocycles. The van der Waals surface area contributed by atoms with Gasteiger partial charge < -0.3 is 0 Å². The number of aryl methyl sites for hydroxylation is 2. The quantitative estimate of drug-likeness (QED) is 0.924. The fourth-order valence-electron chi connectivity index (χ4n) is 2.66. The van der Waals surface area contributed by atoms with Gasteiger partial charge in [-0.3, -0.25) is 0 Å². The summed E-state index contributed by atoms with van der Waals surface area (Å²) >= 11 is 0. The van der Waals surface area contributed by atoms with Crippen LogP contribution in [-0.2, 0) is 10.0 Å². The molecule has 1 N–H and O–H groups in total. The van der Waals surface area contributed by atoms with Gasteiger partial charge in [0.25, 0.3) is 0 Å². The molecule has 0 amide bonds. The third kappa shape index (κ3) is 2.98. The Labute approximate surface area is 114 Å². The van der Waals surface area contributed by atoms with Crippen LogP contribution in [0.4, 0.5) is 4.39 Å². The average molecular weight is 285 g/mol. The molecule has 3 nitrogen and oxygen atoms in total. The van der Waals surface area contributed by atoms with E-state index in [1.807, 2.05) is 6.92 Å². The first-order valence-corrected chi connectivity index (χ1v) is 8.08. The molecule has 0 radical (unpaired) electrons. The molecule has 106 valence electrons. The predicted molar refractivity (Wildman–Crippen MR) is 73.0 cm³/mol. The van der Waals surface area contributed by atoms with E-state index in [-0.39, 0.29) is 10.9 Å². The normalized spacial score (nSPS) is 18.1. The van der Waals surface area contributed by atoms with Crippen molar-refractivity contribution in [3.63, 3.8) is 0 Å². The molecule has 0 spiro atoms. The molecule has 0 aliphatic heterocycles. The van der Waals surface area contributed by atoms with Crippen LogP contribution in [0.5, 0.6) is 0 Å². The first kappa shape index (κ1) is 14.5. The van der Waals surface area contributed by atoms with Gasteiger partial charge >= 0.3 is 0 Å². The van der Waals surface area contributed by atoms with Crippen LogP contribution < -0.4 is 4.72 Å². The van der Waals surface area contributed by atoms with Crippen LogP contribution >= 0.6 is 0 Å². The molecule has 0 aromatic heterocycles. The Hall–Kier alpha value is -0.940. The van der Waals surface area contributed by atoms with E-state index >= 15 is 0 Å². The fourth-order valence-corrected chi connectivity index (χ4v) is 4.43. The summed E-state index contributed by atoms with van der Waals surface area (Å²) in [5.41, 5.74) is 0.900. The second-order valence-electron chi connectivity index (χ2n) is 5.47. The summed E-state index contributed by atoms with van der Waals surface area (Å²) in [6.45, 7) is 5.15. The van der Waals surface area contributed by atoms with Gasteiger partial charge in [-0.05, 0) is 62.8 Å². The maximum Gasteiger partial charge on any atom is 0.241 e. The smallest absolute Gasteiger partial charge is 0.208 e. The number of halogens is 1. The zero-order valence-corrected chi connectivity index (χ0v) is 12.3. The maximum absolute atomic E-state index is 13.2. The first-order chi connectivity index (χ1) is 8.81. The van der Waals surface area contributed by atoms with Crippen LogP contribution in [-0.4, -0.2) is 14.5 Å². The van der Waals surface area contributed by atoms with Crippen LogP contribution in [0.1, 0.15) is 37.3 Å². The van der Waals surface area contributed by atoms with Crippen molar-refractivity contribution in [2.45, 2.75) is 51.0 Å². The van der Waals surface area contributed by atoms with Crippen molar-refractivity contribution >= 4 is 10.0 Å². The Morgan fingerprint density at radius 3 is 2.21 bits per heavy atom. The van der Waals surface area contributed by atoms with E-state index in [1.54, 1.807) is 13.8 Å². The zero-order valence-electron chi connectivity index (χ0n) is 11.5. The van der Waals surface area contributed by atoms with Crippen molar-refractivity contribution < 1.29 is 12.8 Å². The highest BCUT2D eigenvalue weighted by Crippen LogP contribution is 2.30. The highest BCUT2D eigenvalue weighted by Gasteiger charge is 2.29. The molecule has 0 bridgehead atoms. The minimum atomic E-state index is -3.58. The average Bonchev–Trinajstić information content (AvgIpc) is 2.09. The van der Waals surface area contributed by atoms with E-state index in [4.69, 9.17) is 0 Å². The fraction of sp³-hybridized carbons (Fsp3) is 0.571. The summed E-state index contributed by atoms with van der Waals surface area (Å²) in [4.78, 5) is 0.208. The number of hydrogen-bond donors (Lipinski definition) is 1. The van der Waals surface area contributed by atoms with Crippen molar-refractivity contribution in [1.29, 1.82) is 0 Å². The molecule has 0 saturated heterocycles. The van der Waals surface area contributed by atoms with Crippen molar-refractivity contribution in [1.82, 2.24) is 4.72 Å². The highest BCUT2D eigenvalue weighted by atomic mass is 32.2. The third-order valence-electron chi connectivity index (χ3n) is 3.89. The Morgan fingerprint density at radius 2 is 1.79 bits per heavy atom. The Morgan fingerprint density at radius 1 is 1.26 bits per heavy atom. The summed E-state index contributed by atoms with van der Waals surface area (Å²) < 4.78 is 40.8. The lowest BCUT2D eigenvalue weighted by molar-refractivity contribution is 0.260. The lowest BCUT2D eigenvalue weighted by Gasteiger charge is -2.32. The van der Waals surface area contributed by atoms with E-state index in [0.29, 0.717) is 17.0 Å². The standard InChI is InChI=1S/C14H20FNO2S/c1-9-7-13(15)8-10(2)14(9)19(17,18)16-11(3)12-5-4-6-12/h7-8,11-12,16H,4-6H2,1-3H3. The summed E-state index contributed by atoms with van der Waals surface area (Å²) in [7, 11) is -3.58. The molecular weight excluding hydrogens is 265 g/mol. The molecule has 5 heteroatoms. The van der Waals surface area contributed by atoms with E-state index in [1.165, 1.54) is 18.6 Å². The van der Waals surface area contributed by atoms with E-state index < -0.39 is 15.8 Å². The van der Waals surface area contributed by atoms with Crippen molar-refractivity contribution in [2.75, 3.05) is 0 Å². The molecule has 1 fully saturated rings. The van der Waals surface area contributed by atoms with Crippen LogP contribution in [0.15, 0.2) is 17.0 Å². The second-order valence-corrected chi connectivity index (χ2v) is 7.12. The second kappa shape index (κ2) is 5.21. The minimum Gasteiger partial charge on any atom is -0.208 e. The molecule has 1 unspecified atom stereocenters. The van der Waals surface area contributed by atoms with Gasteiger partial charge in [0.05, 0.1) is 4.90 Å². The lowest BCUT2D eigenvalue weighted by atomic mass is 9.81. The van der Waals surface area contributed by atoms with Crippen LogP contribution in [0, 0.1) is 25.6 Å². The number of sulfonamides is 1. The molecule has 1 aliphatic carbocycles. The molecule has 1 atom stereocenters. The Kier molecular flexibility index (Phi) is 3.97. The zero-order chi connectivity index (χ0) is 14.2. The van der Waals surface area contributed by atoms with Gasteiger partial charge in [0.15, 0.2) is 0 Å². The molecule has 1 aromatic carbocycles. The largest absolute Gasteiger partial charge is 0.241 e. The van der Waals surface area contributed by atoms with Crippen LogP contribution in [0.2, 0.25) is 0 Å². The Balaban J connectivity index is 2.29.